The first-order chi connectivity index (χ1) is 10.7. The van der Waals surface area contributed by atoms with Crippen molar-refractivity contribution in [3.05, 3.63) is 22.7 Å². The van der Waals surface area contributed by atoms with Crippen molar-refractivity contribution in [1.29, 1.82) is 0 Å². The fraction of sp³-hybridized carbons (Fsp3) is 0.647. The van der Waals surface area contributed by atoms with Gasteiger partial charge in [-0.25, -0.2) is 0 Å². The second-order valence-corrected chi connectivity index (χ2v) is 5.55. The molecular formula is C17H29ClN2O2. The smallest absolute Gasteiger partial charge is 0.162 e. The van der Waals surface area contributed by atoms with Gasteiger partial charge in [0.2, 0.25) is 0 Å². The third kappa shape index (κ3) is 6.03. The number of benzene rings is 1. The molecule has 4 nitrogen and oxygen atoms in total. The summed E-state index contributed by atoms with van der Waals surface area (Å²) >= 11 is 6.35. The molecule has 22 heavy (non-hydrogen) atoms. The van der Waals surface area contributed by atoms with Crippen molar-refractivity contribution in [3.63, 3.8) is 0 Å². The minimum absolute atomic E-state index is 0.661. The molecule has 0 saturated carbocycles. The van der Waals surface area contributed by atoms with Gasteiger partial charge in [0.1, 0.15) is 0 Å². The van der Waals surface area contributed by atoms with Crippen LogP contribution in [0.2, 0.25) is 5.02 Å². The molecule has 0 aromatic heterocycles. The van der Waals surface area contributed by atoms with Gasteiger partial charge >= 0.3 is 0 Å². The van der Waals surface area contributed by atoms with Gasteiger partial charge in [0, 0.05) is 30.7 Å². The Labute approximate surface area is 139 Å². The molecule has 1 rings (SSSR count). The third-order valence-corrected chi connectivity index (χ3v) is 3.96. The van der Waals surface area contributed by atoms with E-state index in [1.54, 1.807) is 7.11 Å². The van der Waals surface area contributed by atoms with Gasteiger partial charge in [-0.2, -0.15) is 0 Å². The van der Waals surface area contributed by atoms with E-state index in [9.17, 15) is 0 Å². The quantitative estimate of drug-likeness (QED) is 0.630. The fourth-order valence-electron chi connectivity index (χ4n) is 2.20. The maximum Gasteiger partial charge on any atom is 0.162 e. The summed E-state index contributed by atoms with van der Waals surface area (Å²) in [6.45, 7) is 12.0. The Balaban J connectivity index is 2.59. The van der Waals surface area contributed by atoms with Crippen molar-refractivity contribution < 1.29 is 9.47 Å². The molecule has 0 saturated heterocycles. The number of nitrogens with zero attached hydrogens (tertiary/aromatic N) is 1. The predicted octanol–water partition coefficient (Wildman–Crippen LogP) is 3.57. The van der Waals surface area contributed by atoms with Crippen LogP contribution < -0.4 is 14.8 Å². The third-order valence-electron chi connectivity index (χ3n) is 3.61. The Morgan fingerprint density at radius 3 is 2.45 bits per heavy atom. The van der Waals surface area contributed by atoms with Crippen LogP contribution in [0.4, 0.5) is 0 Å². The van der Waals surface area contributed by atoms with Crippen molar-refractivity contribution in [2.75, 3.05) is 39.9 Å². The van der Waals surface area contributed by atoms with Gasteiger partial charge in [0.25, 0.3) is 0 Å². The summed E-state index contributed by atoms with van der Waals surface area (Å²) in [5.74, 6) is 1.44. The van der Waals surface area contributed by atoms with Crippen LogP contribution in [0.25, 0.3) is 0 Å². The van der Waals surface area contributed by atoms with Crippen LogP contribution in [-0.4, -0.2) is 44.8 Å². The van der Waals surface area contributed by atoms with Crippen LogP contribution in [0.15, 0.2) is 12.1 Å². The topological polar surface area (TPSA) is 33.7 Å². The van der Waals surface area contributed by atoms with Crippen LogP contribution in [0.1, 0.15) is 32.8 Å². The number of methoxy groups -OCH3 is 1. The van der Waals surface area contributed by atoms with E-state index >= 15 is 0 Å². The highest BCUT2D eigenvalue weighted by Gasteiger charge is 2.10. The molecule has 0 heterocycles. The first-order valence-corrected chi connectivity index (χ1v) is 8.46. The predicted molar refractivity (Wildman–Crippen MR) is 93.3 cm³/mol. The summed E-state index contributed by atoms with van der Waals surface area (Å²) in [7, 11) is 1.65. The van der Waals surface area contributed by atoms with Crippen LogP contribution in [0.5, 0.6) is 11.5 Å². The highest BCUT2D eigenvalue weighted by molar-refractivity contribution is 6.31. The average Bonchev–Trinajstić information content (AvgIpc) is 2.54. The van der Waals surface area contributed by atoms with Gasteiger partial charge < -0.3 is 19.7 Å². The number of nitrogens with one attached hydrogen (secondary N) is 1. The Morgan fingerprint density at radius 1 is 1.14 bits per heavy atom. The molecule has 1 N–H and O–H groups in total. The van der Waals surface area contributed by atoms with Gasteiger partial charge in [-0.15, -0.1) is 0 Å². The molecule has 0 aliphatic rings. The Morgan fingerprint density at radius 2 is 1.86 bits per heavy atom. The second kappa shape index (κ2) is 10.7. The van der Waals surface area contributed by atoms with Crippen molar-refractivity contribution in [2.24, 2.45) is 0 Å². The molecule has 5 heteroatoms. The molecular weight excluding hydrogens is 300 g/mol. The van der Waals surface area contributed by atoms with Crippen LogP contribution in [-0.2, 0) is 6.54 Å². The van der Waals surface area contributed by atoms with Crippen molar-refractivity contribution in [1.82, 2.24) is 10.2 Å². The number of hydrogen-bond acceptors (Lipinski definition) is 4. The van der Waals surface area contributed by atoms with Crippen molar-refractivity contribution in [2.45, 2.75) is 33.7 Å². The first-order valence-electron chi connectivity index (χ1n) is 8.08. The lowest BCUT2D eigenvalue weighted by Crippen LogP contribution is -2.31. The van der Waals surface area contributed by atoms with E-state index < -0.39 is 0 Å². The minimum Gasteiger partial charge on any atom is -0.493 e. The van der Waals surface area contributed by atoms with E-state index in [0.29, 0.717) is 17.4 Å². The minimum atomic E-state index is 0.661. The Bertz CT molecular complexity index is 437. The molecule has 0 aliphatic heterocycles. The molecule has 0 amide bonds. The van der Waals surface area contributed by atoms with Gasteiger partial charge in [0.15, 0.2) is 11.5 Å². The molecule has 1 aromatic rings. The molecule has 1 aromatic carbocycles. The lowest BCUT2D eigenvalue weighted by atomic mass is 10.2. The number of ether oxygens (including phenoxy) is 2. The highest BCUT2D eigenvalue weighted by atomic mass is 35.5. The van der Waals surface area contributed by atoms with E-state index in [-0.39, 0.29) is 0 Å². The Hall–Kier alpha value is -0.970. The molecule has 0 fully saturated rings. The van der Waals surface area contributed by atoms with Gasteiger partial charge in [0.05, 0.1) is 13.7 Å². The van der Waals surface area contributed by atoms with E-state index in [1.807, 2.05) is 12.1 Å². The second-order valence-electron chi connectivity index (χ2n) is 5.15. The summed E-state index contributed by atoms with van der Waals surface area (Å²) in [6, 6.07) is 3.80. The summed E-state index contributed by atoms with van der Waals surface area (Å²) in [4.78, 5) is 2.39. The molecule has 0 atom stereocenters. The number of rotatable bonds is 11. The zero-order chi connectivity index (χ0) is 16.4. The van der Waals surface area contributed by atoms with E-state index in [4.69, 9.17) is 21.1 Å². The van der Waals surface area contributed by atoms with Crippen LogP contribution in [0.3, 0.4) is 0 Å². The summed E-state index contributed by atoms with van der Waals surface area (Å²) in [5.41, 5.74) is 1.03. The van der Waals surface area contributed by atoms with Gasteiger partial charge in [-0.1, -0.05) is 32.4 Å². The van der Waals surface area contributed by atoms with Gasteiger partial charge in [-0.3, -0.25) is 0 Å². The molecule has 0 aliphatic carbocycles. The number of likely N-dealkylation sites (N-methyl/N-ethyl adjacent to an activating group) is 1. The number of halogens is 1. The summed E-state index contributed by atoms with van der Waals surface area (Å²) in [6.07, 6.45) is 0.954. The van der Waals surface area contributed by atoms with Crippen LogP contribution >= 0.6 is 11.6 Å². The zero-order valence-electron chi connectivity index (χ0n) is 14.2. The van der Waals surface area contributed by atoms with Crippen molar-refractivity contribution in [3.8, 4) is 11.5 Å². The fourth-order valence-corrected chi connectivity index (χ4v) is 2.42. The SMILES string of the molecule is CCCOc1cc(Cl)c(CNCCN(CC)CC)cc1OC. The zero-order valence-corrected chi connectivity index (χ0v) is 15.0. The highest BCUT2D eigenvalue weighted by Crippen LogP contribution is 2.33. The summed E-state index contributed by atoms with van der Waals surface area (Å²) in [5, 5.41) is 4.14. The molecule has 0 radical (unpaired) electrons. The monoisotopic (exact) mass is 328 g/mol. The standard InChI is InChI=1S/C17H29ClN2O2/c1-5-10-22-17-12-15(18)14(11-16(17)21-4)13-19-8-9-20(6-2)7-3/h11-12,19H,5-10,13H2,1-4H3. The molecule has 0 bridgehead atoms. The van der Waals surface area contributed by atoms with E-state index in [0.717, 1.165) is 50.5 Å². The largest absolute Gasteiger partial charge is 0.493 e. The van der Waals surface area contributed by atoms with E-state index in [2.05, 4.69) is 31.0 Å². The maximum atomic E-state index is 6.35. The average molecular weight is 329 g/mol. The van der Waals surface area contributed by atoms with E-state index in [1.165, 1.54) is 0 Å². The maximum absolute atomic E-state index is 6.35. The lowest BCUT2D eigenvalue weighted by Gasteiger charge is -2.18. The van der Waals surface area contributed by atoms with Crippen LogP contribution in [0, 0.1) is 0 Å². The molecule has 0 unspecified atom stereocenters. The normalized spacial score (nSPS) is 11.0. The lowest BCUT2D eigenvalue weighted by molar-refractivity contribution is 0.293. The number of hydrogen-bond donors (Lipinski definition) is 1. The first kappa shape index (κ1) is 19.1. The summed E-state index contributed by atoms with van der Waals surface area (Å²) < 4.78 is 11.1. The van der Waals surface area contributed by atoms with Gasteiger partial charge in [-0.05, 0) is 31.1 Å². The Kier molecular flexibility index (Phi) is 9.28. The molecule has 0 spiro atoms. The van der Waals surface area contributed by atoms with Crippen molar-refractivity contribution >= 4 is 11.6 Å². The molecule has 126 valence electrons.